The fourth-order valence-corrected chi connectivity index (χ4v) is 5.29. The second-order valence-electron chi connectivity index (χ2n) is 11.5. The van der Waals surface area contributed by atoms with Crippen LogP contribution in [-0.2, 0) is 25.3 Å². The van der Waals surface area contributed by atoms with Crippen molar-refractivity contribution in [1.29, 1.82) is 10.5 Å². The molecule has 0 amide bonds. The van der Waals surface area contributed by atoms with Gasteiger partial charge in [0, 0.05) is 0 Å². The van der Waals surface area contributed by atoms with Gasteiger partial charge in [0.05, 0.1) is 52.4 Å². The summed E-state index contributed by atoms with van der Waals surface area (Å²) in [6.45, 7) is 30.0. The molecule has 240 valence electrons. The molecule has 0 radical (unpaired) electrons. The lowest BCUT2D eigenvalue weighted by Crippen LogP contribution is -2.50. The summed E-state index contributed by atoms with van der Waals surface area (Å²) in [4.78, 5) is 0. The Morgan fingerprint density at radius 2 is 0.450 bits per heavy atom. The summed E-state index contributed by atoms with van der Waals surface area (Å²) < 4.78 is 2.84. The average Bonchev–Trinajstić information content (AvgIpc) is 2.97. The van der Waals surface area contributed by atoms with E-state index in [1.54, 1.807) is 0 Å². The Balaban J connectivity index is -0.000000270. The van der Waals surface area contributed by atoms with Gasteiger partial charge in [0.15, 0.2) is 0 Å². The number of thiocyanates is 2. The van der Waals surface area contributed by atoms with Crippen molar-refractivity contribution in [3.8, 4) is 10.8 Å². The van der Waals surface area contributed by atoms with E-state index in [-0.39, 0.29) is 0 Å². The van der Waals surface area contributed by atoms with Crippen LogP contribution < -0.4 is 0 Å². The maximum Gasteiger partial charge on any atom is 0.0786 e. The third-order valence-corrected chi connectivity index (χ3v) is 7.89. The molecule has 0 aliphatic rings. The Labute approximate surface area is 265 Å². The zero-order valence-electron chi connectivity index (χ0n) is 28.6. The maximum absolute atomic E-state index is 7.13. The van der Waals surface area contributed by atoms with Gasteiger partial charge in [0.2, 0.25) is 0 Å². The highest BCUT2D eigenvalue weighted by atomic mass is 32.1. The van der Waals surface area contributed by atoms with Crippen LogP contribution in [0.15, 0.2) is 0 Å². The van der Waals surface area contributed by atoms with Crippen molar-refractivity contribution in [3.05, 3.63) is 0 Å². The third-order valence-electron chi connectivity index (χ3n) is 7.89. The molecule has 0 saturated carbocycles. The number of unbranched alkanes of at least 4 members (excludes halogenated alkanes) is 8. The van der Waals surface area contributed by atoms with E-state index in [9.17, 15) is 0 Å². The lowest BCUT2D eigenvalue weighted by Gasteiger charge is -2.39. The van der Waals surface area contributed by atoms with Crippen LogP contribution in [0.25, 0.3) is 0 Å². The molecule has 0 fully saturated rings. The van der Waals surface area contributed by atoms with E-state index in [1.807, 2.05) is 0 Å². The second kappa shape index (κ2) is 38.3. The van der Waals surface area contributed by atoms with E-state index < -0.39 is 0 Å². The smallest absolute Gasteiger partial charge is 0.0786 e. The van der Waals surface area contributed by atoms with E-state index >= 15 is 0 Å². The molecular formula is C34H72N4S2. The largest absolute Gasteiger partial charge is 0.696 e. The Hall–Kier alpha value is -0.660. The van der Waals surface area contributed by atoms with Crippen molar-refractivity contribution in [2.75, 3.05) is 52.4 Å². The molecule has 0 aromatic heterocycles. The van der Waals surface area contributed by atoms with Crippen LogP contribution in [0.3, 0.4) is 0 Å². The molecule has 0 aromatic carbocycles. The minimum atomic E-state index is 1.33. The van der Waals surface area contributed by atoms with Gasteiger partial charge in [-0.05, 0) is 51.4 Å². The minimum Gasteiger partial charge on any atom is -0.696 e. The van der Waals surface area contributed by atoms with Crippen LogP contribution in [-0.4, -0.2) is 61.3 Å². The number of nitrogens with zero attached hydrogens (tertiary/aromatic N) is 4. The zero-order chi connectivity index (χ0) is 31.4. The summed E-state index contributed by atoms with van der Waals surface area (Å²) in [5.74, 6) is 0. The highest BCUT2D eigenvalue weighted by molar-refractivity contribution is 7.64. The Morgan fingerprint density at radius 3 is 0.525 bits per heavy atom. The predicted octanol–water partition coefficient (Wildman–Crippen LogP) is 10.0. The SMILES string of the molecule is CCCC[N+](CCCC)(CCCC)CCCC.CCCC[N+](CCCC)(CCCC)CCCC.N#C[S-].N#C[S-]. The maximum atomic E-state index is 7.13. The Kier molecular flexibility index (Phi) is 44.4. The molecule has 0 aliphatic carbocycles. The summed E-state index contributed by atoms with van der Waals surface area (Å²) >= 11 is 7.40. The first-order valence-corrected chi connectivity index (χ1v) is 17.9. The summed E-state index contributed by atoms with van der Waals surface area (Å²) in [6.07, 6.45) is 22.1. The van der Waals surface area contributed by atoms with E-state index in [4.69, 9.17) is 10.5 Å². The molecule has 40 heavy (non-hydrogen) atoms. The molecule has 0 spiro atoms. The van der Waals surface area contributed by atoms with E-state index in [0.29, 0.717) is 0 Å². The molecule has 0 bridgehead atoms. The van der Waals surface area contributed by atoms with Gasteiger partial charge in [0.25, 0.3) is 0 Å². The molecule has 4 nitrogen and oxygen atoms in total. The molecule has 0 rings (SSSR count). The quantitative estimate of drug-likeness (QED) is 0.0628. The van der Waals surface area contributed by atoms with Gasteiger partial charge >= 0.3 is 0 Å². The summed E-state index contributed by atoms with van der Waals surface area (Å²) in [6, 6.07) is 0. The first kappa shape index (κ1) is 46.3. The minimum absolute atomic E-state index is 1.33. The topological polar surface area (TPSA) is 47.6 Å². The first-order valence-electron chi connectivity index (χ1n) is 17.0. The molecule has 0 saturated heterocycles. The lowest BCUT2D eigenvalue weighted by molar-refractivity contribution is -0.929. The van der Waals surface area contributed by atoms with Gasteiger partial charge < -0.3 is 34.2 Å². The number of hydrogen-bond acceptors (Lipinski definition) is 4. The number of quaternary nitrogens is 2. The number of nitriles is 2. The first-order chi connectivity index (χ1) is 19.3. The highest BCUT2D eigenvalue weighted by Crippen LogP contribution is 2.17. The van der Waals surface area contributed by atoms with Crippen LogP contribution >= 0.6 is 0 Å². The molecule has 0 aromatic rings. The normalized spacial score (nSPS) is 10.6. The average molecular weight is 601 g/mol. The van der Waals surface area contributed by atoms with Gasteiger partial charge in [-0.1, -0.05) is 118 Å². The molecule has 0 N–H and O–H groups in total. The van der Waals surface area contributed by atoms with Crippen molar-refractivity contribution in [2.45, 2.75) is 158 Å². The Morgan fingerprint density at radius 1 is 0.350 bits per heavy atom. The van der Waals surface area contributed by atoms with E-state index in [1.165, 1.54) is 175 Å². The predicted molar refractivity (Wildman–Crippen MR) is 185 cm³/mol. The van der Waals surface area contributed by atoms with Gasteiger partial charge in [-0.15, -0.1) is 0 Å². The third kappa shape index (κ3) is 31.9. The van der Waals surface area contributed by atoms with Crippen molar-refractivity contribution in [2.24, 2.45) is 0 Å². The monoisotopic (exact) mass is 601 g/mol. The molecule has 0 unspecified atom stereocenters. The van der Waals surface area contributed by atoms with Gasteiger partial charge in [-0.2, -0.15) is 0 Å². The van der Waals surface area contributed by atoms with E-state index in [0.717, 1.165) is 0 Å². The number of rotatable bonds is 24. The molecular weight excluding hydrogens is 529 g/mol. The van der Waals surface area contributed by atoms with Crippen molar-refractivity contribution in [1.82, 2.24) is 0 Å². The standard InChI is InChI=1S/2C16H36N.2CHNS/c2*1-5-9-13-17(14-10-6-2,15-11-7-3)16-12-8-4;2*2-1-3/h2*5-16H2,1-4H3;2*3H/q2*+1;;/p-2. The fourth-order valence-electron chi connectivity index (χ4n) is 5.29. The molecule has 0 aliphatic heterocycles. The van der Waals surface area contributed by atoms with Crippen molar-refractivity contribution < 1.29 is 8.97 Å². The highest BCUT2D eigenvalue weighted by Gasteiger charge is 2.25. The zero-order valence-corrected chi connectivity index (χ0v) is 30.2. The number of hydrogen-bond donors (Lipinski definition) is 0. The van der Waals surface area contributed by atoms with Gasteiger partial charge in [0.1, 0.15) is 0 Å². The van der Waals surface area contributed by atoms with Crippen molar-refractivity contribution >= 4 is 25.3 Å². The fraction of sp³-hybridized carbons (Fsp3) is 0.941. The molecule has 0 atom stereocenters. The summed E-state index contributed by atoms with van der Waals surface area (Å²) in [7, 11) is 0. The molecule has 6 heteroatoms. The van der Waals surface area contributed by atoms with Gasteiger partial charge in [-0.25, -0.2) is 10.5 Å². The Bertz CT molecular complexity index is 420. The van der Waals surface area contributed by atoms with Crippen LogP contribution in [0.5, 0.6) is 0 Å². The van der Waals surface area contributed by atoms with Crippen LogP contribution in [0, 0.1) is 21.3 Å². The van der Waals surface area contributed by atoms with E-state index in [2.05, 4.69) is 80.6 Å². The summed E-state index contributed by atoms with van der Waals surface area (Å²) in [5, 5.41) is 16.9. The van der Waals surface area contributed by atoms with Crippen molar-refractivity contribution in [3.63, 3.8) is 0 Å². The van der Waals surface area contributed by atoms with Crippen LogP contribution in [0.1, 0.15) is 158 Å². The lowest BCUT2D eigenvalue weighted by atomic mass is 10.1. The van der Waals surface area contributed by atoms with Crippen LogP contribution in [0.2, 0.25) is 0 Å². The second-order valence-corrected chi connectivity index (χ2v) is 11.8. The van der Waals surface area contributed by atoms with Crippen LogP contribution in [0.4, 0.5) is 0 Å². The van der Waals surface area contributed by atoms with Gasteiger partial charge in [-0.3, -0.25) is 0 Å². The summed E-state index contributed by atoms with van der Waals surface area (Å²) in [5.41, 5.74) is 0. The molecule has 0 heterocycles.